The molecule has 1 aromatic heterocycles. The molecule has 0 atom stereocenters. The van der Waals surface area contributed by atoms with Gasteiger partial charge in [-0.05, 0) is 31.2 Å². The van der Waals surface area contributed by atoms with Gasteiger partial charge in [-0.1, -0.05) is 0 Å². The third kappa shape index (κ3) is 2.94. The van der Waals surface area contributed by atoms with Crippen molar-refractivity contribution in [2.45, 2.75) is 6.92 Å². The van der Waals surface area contributed by atoms with Gasteiger partial charge in [0.05, 0.1) is 12.8 Å². The lowest BCUT2D eigenvalue weighted by atomic mass is 10.3. The molecule has 0 aliphatic heterocycles. The number of aryl methyl sites for hydroxylation is 1. The molecule has 1 aromatic carbocycles. The molecule has 6 nitrogen and oxygen atoms in total. The molecule has 104 valence electrons. The van der Waals surface area contributed by atoms with Crippen molar-refractivity contribution < 1.29 is 14.3 Å². The van der Waals surface area contributed by atoms with Gasteiger partial charge in [-0.2, -0.15) is 0 Å². The fraction of sp³-hybridized carbons (Fsp3) is 0.154. The number of carbonyl (C=O) groups excluding carboxylic acids is 2. The first kappa shape index (κ1) is 14.0. The van der Waals surface area contributed by atoms with Crippen LogP contribution in [0.2, 0.25) is 0 Å². The van der Waals surface area contributed by atoms with Gasteiger partial charge in [-0.3, -0.25) is 9.59 Å². The molecule has 0 radical (unpaired) electrons. The summed E-state index contributed by atoms with van der Waals surface area (Å²) in [7, 11) is 1.57. The number of rotatable bonds is 4. The van der Waals surface area contributed by atoms with Crippen LogP contribution in [0.5, 0.6) is 5.75 Å². The predicted octanol–water partition coefficient (Wildman–Crippen LogP) is 1.81. The molecule has 0 aliphatic rings. The van der Waals surface area contributed by atoms with Crippen molar-refractivity contribution in [2.24, 2.45) is 5.73 Å². The van der Waals surface area contributed by atoms with Crippen LogP contribution in [0.3, 0.4) is 0 Å². The van der Waals surface area contributed by atoms with E-state index in [9.17, 15) is 9.59 Å². The number of hydrogen-bond acceptors (Lipinski definition) is 5. The maximum atomic E-state index is 12.1. The van der Waals surface area contributed by atoms with Crippen molar-refractivity contribution in [1.29, 1.82) is 0 Å². The Morgan fingerprint density at radius 3 is 2.45 bits per heavy atom. The molecule has 2 rings (SSSR count). The Bertz CT molecular complexity index is 649. The van der Waals surface area contributed by atoms with Crippen LogP contribution in [0.15, 0.2) is 24.3 Å². The van der Waals surface area contributed by atoms with Gasteiger partial charge in [-0.15, -0.1) is 11.3 Å². The standard InChI is InChI=1S/C13H13N3O3S/c1-7-10(20-13(15-7)11(14)17)12(18)16-8-3-5-9(19-2)6-4-8/h3-6H,1-2H3,(H2,14,17)(H,16,18). The minimum Gasteiger partial charge on any atom is -0.497 e. The van der Waals surface area contributed by atoms with E-state index in [0.29, 0.717) is 22.0 Å². The van der Waals surface area contributed by atoms with Crippen molar-refractivity contribution in [2.75, 3.05) is 12.4 Å². The minimum atomic E-state index is -0.637. The molecule has 3 N–H and O–H groups in total. The van der Waals surface area contributed by atoms with E-state index in [-0.39, 0.29) is 10.9 Å². The molecule has 7 heteroatoms. The number of nitrogens with two attached hydrogens (primary N) is 1. The molecular formula is C13H13N3O3S. The summed E-state index contributed by atoms with van der Waals surface area (Å²) in [5, 5.41) is 2.85. The molecule has 0 aliphatic carbocycles. The third-order valence-corrected chi connectivity index (χ3v) is 3.73. The number of amides is 2. The normalized spacial score (nSPS) is 10.1. The highest BCUT2D eigenvalue weighted by Gasteiger charge is 2.17. The van der Waals surface area contributed by atoms with E-state index < -0.39 is 5.91 Å². The van der Waals surface area contributed by atoms with Gasteiger partial charge in [0.2, 0.25) is 0 Å². The fourth-order valence-corrected chi connectivity index (χ4v) is 2.39. The van der Waals surface area contributed by atoms with E-state index in [1.807, 2.05) is 0 Å². The zero-order valence-corrected chi connectivity index (χ0v) is 11.8. The Hall–Kier alpha value is -2.41. The van der Waals surface area contributed by atoms with Crippen LogP contribution in [0.4, 0.5) is 5.69 Å². The molecule has 0 saturated heterocycles. The van der Waals surface area contributed by atoms with Gasteiger partial charge in [0, 0.05) is 5.69 Å². The van der Waals surface area contributed by atoms with Crippen molar-refractivity contribution in [3.63, 3.8) is 0 Å². The van der Waals surface area contributed by atoms with Crippen molar-refractivity contribution in [3.05, 3.63) is 39.8 Å². The zero-order valence-electron chi connectivity index (χ0n) is 11.0. The molecule has 0 fully saturated rings. The average Bonchev–Trinajstić information content (AvgIpc) is 2.82. The lowest BCUT2D eigenvalue weighted by molar-refractivity contribution is 0.0997. The SMILES string of the molecule is COc1ccc(NC(=O)c2sc(C(N)=O)nc2C)cc1. The summed E-state index contributed by atoms with van der Waals surface area (Å²) in [5.74, 6) is -0.257. The van der Waals surface area contributed by atoms with E-state index in [2.05, 4.69) is 10.3 Å². The minimum absolute atomic E-state index is 0.127. The van der Waals surface area contributed by atoms with E-state index in [1.165, 1.54) is 0 Å². The lowest BCUT2D eigenvalue weighted by Crippen LogP contribution is -2.11. The molecule has 20 heavy (non-hydrogen) atoms. The second kappa shape index (κ2) is 5.70. The number of primary amides is 1. The number of thiazole rings is 1. The van der Waals surface area contributed by atoms with Gasteiger partial charge >= 0.3 is 0 Å². The summed E-state index contributed by atoms with van der Waals surface area (Å²) < 4.78 is 5.04. The molecule has 0 saturated carbocycles. The predicted molar refractivity (Wildman–Crippen MR) is 76.3 cm³/mol. The van der Waals surface area contributed by atoms with Crippen molar-refractivity contribution in [1.82, 2.24) is 4.98 Å². The van der Waals surface area contributed by atoms with Crippen LogP contribution < -0.4 is 15.8 Å². The summed E-state index contributed by atoms with van der Waals surface area (Å²) in [4.78, 5) is 27.5. The topological polar surface area (TPSA) is 94.3 Å². The monoisotopic (exact) mass is 291 g/mol. The van der Waals surface area contributed by atoms with E-state index in [0.717, 1.165) is 11.3 Å². The third-order valence-electron chi connectivity index (χ3n) is 2.56. The Labute approximate surface area is 119 Å². The molecule has 2 amide bonds. The first-order chi connectivity index (χ1) is 9.51. The van der Waals surface area contributed by atoms with Crippen LogP contribution in [0.1, 0.15) is 25.2 Å². The second-order valence-corrected chi connectivity index (χ2v) is 4.98. The number of hydrogen-bond donors (Lipinski definition) is 2. The van der Waals surface area contributed by atoms with Crippen LogP contribution in [0.25, 0.3) is 0 Å². The summed E-state index contributed by atoms with van der Waals surface area (Å²) >= 11 is 0.980. The van der Waals surface area contributed by atoms with Gasteiger partial charge in [0.25, 0.3) is 11.8 Å². The highest BCUT2D eigenvalue weighted by Crippen LogP contribution is 2.20. The van der Waals surface area contributed by atoms with E-state index in [4.69, 9.17) is 10.5 Å². The number of nitrogens with one attached hydrogen (secondary N) is 1. The molecule has 2 aromatic rings. The average molecular weight is 291 g/mol. The van der Waals surface area contributed by atoms with Gasteiger partial charge in [0.15, 0.2) is 5.01 Å². The van der Waals surface area contributed by atoms with Crippen molar-refractivity contribution in [3.8, 4) is 5.75 Å². The van der Waals surface area contributed by atoms with E-state index >= 15 is 0 Å². The second-order valence-electron chi connectivity index (χ2n) is 3.98. The number of nitrogens with zero attached hydrogens (tertiary/aromatic N) is 1. The first-order valence-electron chi connectivity index (χ1n) is 5.74. The van der Waals surface area contributed by atoms with Gasteiger partial charge < -0.3 is 15.8 Å². The number of aromatic nitrogens is 1. The van der Waals surface area contributed by atoms with Gasteiger partial charge in [0.1, 0.15) is 10.6 Å². The zero-order chi connectivity index (χ0) is 14.7. The summed E-state index contributed by atoms with van der Waals surface area (Å²) in [6, 6.07) is 6.93. The van der Waals surface area contributed by atoms with Crippen LogP contribution in [-0.2, 0) is 0 Å². The Morgan fingerprint density at radius 2 is 1.95 bits per heavy atom. The molecule has 0 spiro atoms. The summed E-state index contributed by atoms with van der Waals surface area (Å²) in [6.45, 7) is 1.66. The summed E-state index contributed by atoms with van der Waals surface area (Å²) in [6.07, 6.45) is 0. The smallest absolute Gasteiger partial charge is 0.277 e. The number of benzene rings is 1. The Balaban J connectivity index is 2.16. The maximum Gasteiger partial charge on any atom is 0.277 e. The number of carbonyl (C=O) groups is 2. The lowest BCUT2D eigenvalue weighted by Gasteiger charge is -2.05. The maximum absolute atomic E-state index is 12.1. The molecule has 0 bridgehead atoms. The number of anilines is 1. The van der Waals surface area contributed by atoms with Crippen LogP contribution >= 0.6 is 11.3 Å². The first-order valence-corrected chi connectivity index (χ1v) is 6.55. The Kier molecular flexibility index (Phi) is 3.99. The largest absolute Gasteiger partial charge is 0.497 e. The van der Waals surface area contributed by atoms with Crippen molar-refractivity contribution >= 4 is 28.8 Å². The highest BCUT2D eigenvalue weighted by atomic mass is 32.1. The quantitative estimate of drug-likeness (QED) is 0.898. The Morgan fingerprint density at radius 1 is 1.30 bits per heavy atom. The van der Waals surface area contributed by atoms with Crippen LogP contribution in [0, 0.1) is 6.92 Å². The molecule has 1 heterocycles. The van der Waals surface area contributed by atoms with Gasteiger partial charge in [-0.25, -0.2) is 4.98 Å². The van der Waals surface area contributed by atoms with Crippen LogP contribution in [-0.4, -0.2) is 23.9 Å². The fourth-order valence-electron chi connectivity index (χ4n) is 1.57. The molecule has 0 unspecified atom stereocenters. The molecular weight excluding hydrogens is 278 g/mol. The number of methoxy groups -OCH3 is 1. The number of ether oxygens (including phenoxy) is 1. The summed E-state index contributed by atoms with van der Waals surface area (Å²) in [5.41, 5.74) is 6.25. The van der Waals surface area contributed by atoms with E-state index in [1.54, 1.807) is 38.3 Å². The highest BCUT2D eigenvalue weighted by molar-refractivity contribution is 7.15.